The van der Waals surface area contributed by atoms with Crippen molar-refractivity contribution >= 4 is 7.26 Å². The first-order valence-electron chi connectivity index (χ1n) is 4.53. The monoisotopic (exact) mass is 230 g/mol. The highest BCUT2D eigenvalue weighted by Crippen LogP contribution is 2.58. The molecule has 0 atom stereocenters. The van der Waals surface area contributed by atoms with Crippen LogP contribution in [0.3, 0.4) is 0 Å². The fourth-order valence-electron chi connectivity index (χ4n) is 1.54. The van der Waals surface area contributed by atoms with E-state index in [-0.39, 0.29) is 12.4 Å². The Balaban J connectivity index is 0. The number of rotatable bonds is 8. The summed E-state index contributed by atoms with van der Waals surface area (Å²) in [5.74, 6) is 0. The van der Waals surface area contributed by atoms with Gasteiger partial charge in [0.05, 0.1) is 24.6 Å². The largest absolute Gasteiger partial charge is 1.00 e. The molecule has 2 heteroatoms. The maximum Gasteiger partial charge on any atom is 0.0780 e. The molecule has 0 aliphatic rings. The first-order valence-corrected chi connectivity index (χ1v) is 7.06. The Morgan fingerprint density at radius 3 is 1.00 bits per heavy atom. The fourth-order valence-corrected chi connectivity index (χ4v) is 4.63. The zero-order valence-electron chi connectivity index (χ0n) is 8.79. The number of hydrogen-bond acceptors (Lipinski definition) is 0. The van der Waals surface area contributed by atoms with E-state index in [0.29, 0.717) is 0 Å². The van der Waals surface area contributed by atoms with Crippen LogP contribution in [0.15, 0.2) is 50.6 Å². The minimum atomic E-state index is -0.968. The van der Waals surface area contributed by atoms with E-state index in [9.17, 15) is 0 Å². The molecule has 0 aromatic carbocycles. The van der Waals surface area contributed by atoms with Crippen molar-refractivity contribution in [2.45, 2.75) is 0 Å². The summed E-state index contributed by atoms with van der Waals surface area (Å²) >= 11 is 0. The van der Waals surface area contributed by atoms with Crippen molar-refractivity contribution in [1.29, 1.82) is 0 Å². The Bertz CT molecular complexity index is 151. The van der Waals surface area contributed by atoms with Crippen LogP contribution in [-0.2, 0) is 0 Å². The molecule has 0 aliphatic carbocycles. The highest BCUT2D eigenvalue weighted by Gasteiger charge is 2.31. The topological polar surface area (TPSA) is 0 Å². The molecule has 0 bridgehead atoms. The Morgan fingerprint density at radius 1 is 0.643 bits per heavy atom. The molecule has 0 saturated carbocycles. The van der Waals surface area contributed by atoms with E-state index in [1.807, 2.05) is 24.3 Å². The molecule has 0 heterocycles. The van der Waals surface area contributed by atoms with Gasteiger partial charge in [-0.3, -0.25) is 0 Å². The Labute approximate surface area is 95.2 Å². The molecule has 0 aromatic rings. The van der Waals surface area contributed by atoms with E-state index in [4.69, 9.17) is 0 Å². The minimum absolute atomic E-state index is 0. The first-order chi connectivity index (χ1) is 6.24. The van der Waals surface area contributed by atoms with E-state index >= 15 is 0 Å². The lowest BCUT2D eigenvalue weighted by Crippen LogP contribution is -3.00. The molecule has 0 fully saturated rings. The van der Waals surface area contributed by atoms with Crippen LogP contribution < -0.4 is 12.4 Å². The summed E-state index contributed by atoms with van der Waals surface area (Å²) in [6.45, 7) is 15.3. The van der Waals surface area contributed by atoms with E-state index in [1.54, 1.807) is 0 Å². The van der Waals surface area contributed by atoms with Crippen molar-refractivity contribution < 1.29 is 12.4 Å². The summed E-state index contributed by atoms with van der Waals surface area (Å²) in [5.41, 5.74) is 0. The van der Waals surface area contributed by atoms with Crippen LogP contribution in [0.25, 0.3) is 0 Å². The molecule has 0 N–H and O–H groups in total. The van der Waals surface area contributed by atoms with E-state index in [0.717, 1.165) is 24.6 Å². The summed E-state index contributed by atoms with van der Waals surface area (Å²) in [4.78, 5) is 0. The van der Waals surface area contributed by atoms with Gasteiger partial charge in [-0.2, -0.15) is 0 Å². The van der Waals surface area contributed by atoms with Gasteiger partial charge in [0.1, 0.15) is 0 Å². The summed E-state index contributed by atoms with van der Waals surface area (Å²) in [5, 5.41) is 0. The number of allylic oxidation sites excluding steroid dienone is 4. The molecule has 0 nitrogen and oxygen atoms in total. The molecule has 0 amide bonds. The second-order valence-electron chi connectivity index (χ2n) is 3.23. The lowest BCUT2D eigenvalue weighted by Gasteiger charge is -2.22. The third-order valence-corrected chi connectivity index (χ3v) is 6.20. The minimum Gasteiger partial charge on any atom is -1.00 e. The van der Waals surface area contributed by atoms with Gasteiger partial charge in [-0.1, -0.05) is 50.6 Å². The SMILES string of the molecule is C=CC[P+](CC=C)(CC=C)CC=C.[Cl-]. The van der Waals surface area contributed by atoms with Gasteiger partial charge in [0.2, 0.25) is 0 Å². The van der Waals surface area contributed by atoms with Crippen LogP contribution >= 0.6 is 7.26 Å². The van der Waals surface area contributed by atoms with Gasteiger partial charge in [0.25, 0.3) is 0 Å². The van der Waals surface area contributed by atoms with Gasteiger partial charge >= 0.3 is 0 Å². The lowest BCUT2D eigenvalue weighted by atomic mass is 10.7. The van der Waals surface area contributed by atoms with Gasteiger partial charge in [-0.25, -0.2) is 0 Å². The van der Waals surface area contributed by atoms with Crippen LogP contribution in [0.5, 0.6) is 0 Å². The van der Waals surface area contributed by atoms with Crippen LogP contribution in [0.2, 0.25) is 0 Å². The zero-order chi connectivity index (χ0) is 10.2. The van der Waals surface area contributed by atoms with Crippen LogP contribution in [0.1, 0.15) is 0 Å². The fraction of sp³-hybridized carbons (Fsp3) is 0.333. The molecule has 0 radical (unpaired) electrons. The summed E-state index contributed by atoms with van der Waals surface area (Å²) in [6, 6.07) is 0. The van der Waals surface area contributed by atoms with Crippen LogP contribution in [-0.4, -0.2) is 24.6 Å². The van der Waals surface area contributed by atoms with E-state index in [1.165, 1.54) is 0 Å². The maximum atomic E-state index is 3.82. The molecule has 0 spiro atoms. The third-order valence-electron chi connectivity index (χ3n) is 2.07. The van der Waals surface area contributed by atoms with Gasteiger partial charge < -0.3 is 12.4 Å². The zero-order valence-corrected chi connectivity index (χ0v) is 10.4. The normalized spacial score (nSPS) is 9.71. The van der Waals surface area contributed by atoms with Crippen molar-refractivity contribution in [2.75, 3.05) is 24.6 Å². The first kappa shape index (κ1) is 16.1. The van der Waals surface area contributed by atoms with Crippen molar-refractivity contribution in [3.8, 4) is 0 Å². The van der Waals surface area contributed by atoms with Gasteiger partial charge in [0.15, 0.2) is 0 Å². The van der Waals surface area contributed by atoms with Gasteiger partial charge in [0, 0.05) is 7.26 Å². The smallest absolute Gasteiger partial charge is 0.0780 e. The third kappa shape index (κ3) is 5.42. The number of hydrogen-bond donors (Lipinski definition) is 0. The average molecular weight is 231 g/mol. The molecular formula is C12H20ClP. The number of halogens is 1. The van der Waals surface area contributed by atoms with Crippen molar-refractivity contribution in [2.24, 2.45) is 0 Å². The second kappa shape index (κ2) is 9.24. The van der Waals surface area contributed by atoms with Crippen LogP contribution in [0.4, 0.5) is 0 Å². The maximum absolute atomic E-state index is 3.82. The Hall–Kier alpha value is -0.320. The molecule has 0 saturated heterocycles. The predicted octanol–water partition coefficient (Wildman–Crippen LogP) is 0.752. The lowest BCUT2D eigenvalue weighted by molar-refractivity contribution is -0.00000285. The Morgan fingerprint density at radius 2 is 0.857 bits per heavy atom. The van der Waals surface area contributed by atoms with Crippen LogP contribution in [0, 0.1) is 0 Å². The quantitative estimate of drug-likeness (QED) is 0.427. The van der Waals surface area contributed by atoms with Crippen molar-refractivity contribution in [3.05, 3.63) is 50.6 Å². The molecule has 14 heavy (non-hydrogen) atoms. The summed E-state index contributed by atoms with van der Waals surface area (Å²) in [7, 11) is -0.968. The Kier molecular flexibility index (Phi) is 10.6. The summed E-state index contributed by atoms with van der Waals surface area (Å²) in [6.07, 6.45) is 12.5. The van der Waals surface area contributed by atoms with Crippen molar-refractivity contribution in [1.82, 2.24) is 0 Å². The van der Waals surface area contributed by atoms with Crippen molar-refractivity contribution in [3.63, 3.8) is 0 Å². The van der Waals surface area contributed by atoms with Gasteiger partial charge in [-0.05, 0) is 0 Å². The average Bonchev–Trinajstić information content (AvgIpc) is 2.06. The molecule has 0 rings (SSSR count). The second-order valence-corrected chi connectivity index (χ2v) is 7.37. The molecule has 80 valence electrons. The summed E-state index contributed by atoms with van der Waals surface area (Å²) < 4.78 is 0. The highest BCUT2D eigenvalue weighted by atomic mass is 35.5. The predicted molar refractivity (Wildman–Crippen MR) is 67.2 cm³/mol. The molecule has 0 unspecified atom stereocenters. The van der Waals surface area contributed by atoms with E-state index < -0.39 is 7.26 Å². The van der Waals surface area contributed by atoms with Gasteiger partial charge in [-0.15, -0.1) is 0 Å². The molecule has 0 aromatic heterocycles. The highest BCUT2D eigenvalue weighted by molar-refractivity contribution is 7.76. The molecular weight excluding hydrogens is 211 g/mol. The standard InChI is InChI=1S/C12H20P.ClH/c1-5-9-13(10-6-2,11-7-3)12-8-4;/h5-8H,1-4,9-12H2;1H/q+1;/p-1. The van der Waals surface area contributed by atoms with E-state index in [2.05, 4.69) is 26.3 Å². The molecule has 0 aliphatic heterocycles.